The minimum Gasteiger partial charge on any atom is -0.327 e. The number of nitrogens with zero attached hydrogens (tertiary/aromatic N) is 3. The molecule has 0 atom stereocenters. The smallest absolute Gasteiger partial charge is 0.240 e. The fourth-order valence-electron chi connectivity index (χ4n) is 1.26. The minimum absolute atomic E-state index is 0.464. The molecule has 2 aromatic heterocycles. The van der Waals surface area contributed by atoms with Gasteiger partial charge in [-0.15, -0.1) is 0 Å². The van der Waals surface area contributed by atoms with Gasteiger partial charge in [0.15, 0.2) is 0 Å². The van der Waals surface area contributed by atoms with Crippen molar-refractivity contribution in [3.63, 3.8) is 0 Å². The molecule has 0 saturated heterocycles. The van der Waals surface area contributed by atoms with Crippen LogP contribution in [0.3, 0.4) is 0 Å². The van der Waals surface area contributed by atoms with E-state index in [-0.39, 0.29) is 0 Å². The van der Waals surface area contributed by atoms with E-state index in [1.54, 1.807) is 17.0 Å². The maximum Gasteiger partial charge on any atom is 0.240 e. The summed E-state index contributed by atoms with van der Waals surface area (Å²) in [6.07, 6.45) is 1.61. The standard InChI is InChI=1S/C8H7BrFN3.C2H6/c1-2-13-4-11-5-3-6(9)12-8(10)7(5)13;1-2/h3-4H,2H2,1H3;1-2H3. The monoisotopic (exact) mass is 273 g/mol. The Bertz CT molecular complexity index is 453. The van der Waals surface area contributed by atoms with Gasteiger partial charge in [0.2, 0.25) is 5.95 Å². The highest BCUT2D eigenvalue weighted by Gasteiger charge is 2.09. The minimum atomic E-state index is -0.483. The van der Waals surface area contributed by atoms with Crippen LogP contribution in [0.4, 0.5) is 4.39 Å². The summed E-state index contributed by atoms with van der Waals surface area (Å²) in [4.78, 5) is 7.74. The van der Waals surface area contributed by atoms with Crippen LogP contribution in [0.1, 0.15) is 20.8 Å². The van der Waals surface area contributed by atoms with Gasteiger partial charge in [0.1, 0.15) is 10.1 Å². The molecule has 5 heteroatoms. The fraction of sp³-hybridized carbons (Fsp3) is 0.400. The number of pyridine rings is 1. The van der Waals surface area contributed by atoms with Crippen LogP contribution in [0, 0.1) is 5.95 Å². The Morgan fingerprint density at radius 1 is 1.47 bits per heavy atom. The number of imidazole rings is 1. The molecule has 0 aliphatic heterocycles. The molecule has 15 heavy (non-hydrogen) atoms. The van der Waals surface area contributed by atoms with Gasteiger partial charge in [-0.1, -0.05) is 13.8 Å². The van der Waals surface area contributed by atoms with Crippen molar-refractivity contribution in [2.45, 2.75) is 27.3 Å². The van der Waals surface area contributed by atoms with Crippen LogP contribution in [0.2, 0.25) is 0 Å². The predicted octanol–water partition coefficient (Wildman–Crippen LogP) is 3.38. The van der Waals surface area contributed by atoms with E-state index in [4.69, 9.17) is 0 Å². The van der Waals surface area contributed by atoms with Gasteiger partial charge in [-0.2, -0.15) is 4.39 Å². The first-order valence-corrected chi connectivity index (χ1v) is 5.68. The summed E-state index contributed by atoms with van der Waals surface area (Å²) in [6, 6.07) is 1.70. The third kappa shape index (κ3) is 2.34. The topological polar surface area (TPSA) is 30.7 Å². The zero-order valence-corrected chi connectivity index (χ0v) is 10.5. The van der Waals surface area contributed by atoms with Gasteiger partial charge in [0.25, 0.3) is 0 Å². The van der Waals surface area contributed by atoms with Crippen molar-refractivity contribution in [3.8, 4) is 0 Å². The molecular weight excluding hydrogens is 261 g/mol. The summed E-state index contributed by atoms with van der Waals surface area (Å²) in [5, 5.41) is 0. The average Bonchev–Trinajstić information content (AvgIpc) is 2.63. The van der Waals surface area contributed by atoms with E-state index in [1.807, 2.05) is 20.8 Å². The van der Waals surface area contributed by atoms with E-state index >= 15 is 0 Å². The molecule has 2 aromatic rings. The van der Waals surface area contributed by atoms with Gasteiger partial charge >= 0.3 is 0 Å². The normalized spacial score (nSPS) is 9.93. The van der Waals surface area contributed by atoms with E-state index in [9.17, 15) is 4.39 Å². The number of aryl methyl sites for hydroxylation is 1. The molecule has 0 spiro atoms. The molecule has 0 fully saturated rings. The van der Waals surface area contributed by atoms with Crippen molar-refractivity contribution in [1.29, 1.82) is 0 Å². The number of halogens is 2. The van der Waals surface area contributed by atoms with Crippen LogP contribution in [0.15, 0.2) is 17.0 Å². The summed E-state index contributed by atoms with van der Waals surface area (Å²) >= 11 is 3.11. The van der Waals surface area contributed by atoms with Crippen molar-refractivity contribution >= 4 is 27.0 Å². The summed E-state index contributed by atoms with van der Waals surface area (Å²) in [5.74, 6) is -0.483. The first-order chi connectivity index (χ1) is 7.22. The van der Waals surface area contributed by atoms with E-state index < -0.39 is 5.95 Å². The Morgan fingerprint density at radius 3 is 2.73 bits per heavy atom. The first kappa shape index (κ1) is 12.1. The van der Waals surface area contributed by atoms with Crippen molar-refractivity contribution < 1.29 is 4.39 Å². The number of aromatic nitrogens is 3. The highest BCUT2D eigenvalue weighted by atomic mass is 79.9. The highest BCUT2D eigenvalue weighted by Crippen LogP contribution is 2.19. The molecule has 0 aromatic carbocycles. The predicted molar refractivity (Wildman–Crippen MR) is 62.2 cm³/mol. The van der Waals surface area contributed by atoms with Crippen LogP contribution >= 0.6 is 15.9 Å². The number of rotatable bonds is 1. The van der Waals surface area contributed by atoms with Crippen LogP contribution in [0.5, 0.6) is 0 Å². The van der Waals surface area contributed by atoms with Gasteiger partial charge in [-0.25, -0.2) is 9.97 Å². The molecule has 0 aliphatic carbocycles. The maximum absolute atomic E-state index is 13.3. The second-order valence-electron chi connectivity index (χ2n) is 2.63. The van der Waals surface area contributed by atoms with Crippen LogP contribution in [-0.2, 0) is 6.54 Å². The van der Waals surface area contributed by atoms with Gasteiger partial charge in [0, 0.05) is 6.54 Å². The van der Waals surface area contributed by atoms with Crippen LogP contribution < -0.4 is 0 Å². The molecule has 0 amide bonds. The lowest BCUT2D eigenvalue weighted by molar-refractivity contribution is 0.583. The van der Waals surface area contributed by atoms with E-state index in [2.05, 4.69) is 25.9 Å². The number of hydrogen-bond acceptors (Lipinski definition) is 2. The summed E-state index contributed by atoms with van der Waals surface area (Å²) in [7, 11) is 0. The van der Waals surface area contributed by atoms with Crippen LogP contribution in [-0.4, -0.2) is 14.5 Å². The molecule has 0 unspecified atom stereocenters. The molecule has 0 saturated carbocycles. The Hall–Kier alpha value is -0.970. The van der Waals surface area contributed by atoms with Gasteiger partial charge < -0.3 is 4.57 Å². The Labute approximate surface area is 96.5 Å². The van der Waals surface area contributed by atoms with Crippen molar-refractivity contribution in [2.75, 3.05) is 0 Å². The first-order valence-electron chi connectivity index (χ1n) is 4.89. The molecule has 0 N–H and O–H groups in total. The molecule has 82 valence electrons. The lowest BCUT2D eigenvalue weighted by atomic mass is 10.4. The molecular formula is C10H13BrFN3. The zero-order chi connectivity index (χ0) is 11.4. The third-order valence-electron chi connectivity index (χ3n) is 1.86. The third-order valence-corrected chi connectivity index (χ3v) is 2.27. The molecule has 2 rings (SSSR count). The number of fused-ring (bicyclic) bond motifs is 1. The lowest BCUT2D eigenvalue weighted by Gasteiger charge is -1.99. The Balaban J connectivity index is 0.000000531. The Morgan fingerprint density at radius 2 is 2.13 bits per heavy atom. The highest BCUT2D eigenvalue weighted by molar-refractivity contribution is 9.10. The van der Waals surface area contributed by atoms with Crippen LogP contribution in [0.25, 0.3) is 11.0 Å². The Kier molecular flexibility index (Phi) is 4.20. The van der Waals surface area contributed by atoms with E-state index in [0.29, 0.717) is 22.2 Å². The molecule has 0 aliphatic rings. The average molecular weight is 274 g/mol. The van der Waals surface area contributed by atoms with E-state index in [1.165, 1.54) is 0 Å². The zero-order valence-electron chi connectivity index (χ0n) is 8.96. The largest absolute Gasteiger partial charge is 0.327 e. The summed E-state index contributed by atoms with van der Waals surface area (Å²) in [5.41, 5.74) is 1.09. The van der Waals surface area contributed by atoms with Crippen molar-refractivity contribution in [2.24, 2.45) is 0 Å². The second kappa shape index (κ2) is 5.21. The van der Waals surface area contributed by atoms with Gasteiger partial charge in [-0.05, 0) is 28.9 Å². The summed E-state index contributed by atoms with van der Waals surface area (Å²) < 4.78 is 15.5. The van der Waals surface area contributed by atoms with Gasteiger partial charge in [-0.3, -0.25) is 0 Å². The molecule has 0 radical (unpaired) electrons. The number of hydrogen-bond donors (Lipinski definition) is 0. The molecule has 0 bridgehead atoms. The molecule has 2 heterocycles. The second-order valence-corrected chi connectivity index (χ2v) is 3.45. The van der Waals surface area contributed by atoms with E-state index in [0.717, 1.165) is 0 Å². The SMILES string of the molecule is CC.CCn1cnc2cc(Br)nc(F)c21. The summed E-state index contributed by atoms with van der Waals surface area (Å²) in [6.45, 7) is 6.62. The van der Waals surface area contributed by atoms with Crippen molar-refractivity contribution in [1.82, 2.24) is 14.5 Å². The molecule has 3 nitrogen and oxygen atoms in total. The lowest BCUT2D eigenvalue weighted by Crippen LogP contribution is -1.95. The maximum atomic E-state index is 13.3. The van der Waals surface area contributed by atoms with Gasteiger partial charge in [0.05, 0.1) is 11.8 Å². The van der Waals surface area contributed by atoms with Crippen molar-refractivity contribution in [3.05, 3.63) is 22.9 Å². The quantitative estimate of drug-likeness (QED) is 0.746. The fourth-order valence-corrected chi connectivity index (χ4v) is 1.63.